The molecule has 0 saturated carbocycles. The van der Waals surface area contributed by atoms with E-state index in [9.17, 15) is 0 Å². The van der Waals surface area contributed by atoms with Crippen molar-refractivity contribution in [2.75, 3.05) is 14.2 Å². The molecular formula is C12H12N4O2. The van der Waals surface area contributed by atoms with Gasteiger partial charge in [0, 0.05) is 18.4 Å². The zero-order valence-electron chi connectivity index (χ0n) is 10.1. The van der Waals surface area contributed by atoms with Gasteiger partial charge in [-0.05, 0) is 6.08 Å². The van der Waals surface area contributed by atoms with Gasteiger partial charge >= 0.3 is 0 Å². The number of nitrogens with zero attached hydrogens (tertiary/aromatic N) is 3. The number of methoxy groups -OCH3 is 2. The molecule has 0 fully saturated rings. The maximum atomic E-state index is 5.37. The van der Waals surface area contributed by atoms with Crippen molar-refractivity contribution in [3.63, 3.8) is 0 Å². The van der Waals surface area contributed by atoms with Crippen molar-refractivity contribution >= 4 is 18.7 Å². The summed E-state index contributed by atoms with van der Waals surface area (Å²) >= 11 is 0. The fraction of sp³-hybridized carbons (Fsp3) is 0.250. The average Bonchev–Trinajstić information content (AvgIpc) is 2.79. The molecule has 1 unspecified atom stereocenters. The van der Waals surface area contributed by atoms with E-state index in [-0.39, 0.29) is 6.10 Å². The Bertz CT molecular complexity index is 793. The van der Waals surface area contributed by atoms with Gasteiger partial charge in [0.1, 0.15) is 11.9 Å². The summed E-state index contributed by atoms with van der Waals surface area (Å²) in [6.07, 6.45) is 3.55. The molecule has 0 spiro atoms. The number of aromatic nitrogens is 4. The SMILES string of the molecule is C=c1nnc2[nH]nc3c(c1=2)=CC(OC)C(OC)=C3. The molecule has 1 N–H and O–H groups in total. The standard InChI is InChI=1S/C12H12N4O2/c1-6-11-7-4-9(17-2)10(18-3)5-8(7)14-16-12(11)15-13-6/h4-5,9,16H,1H2,2-3H3. The lowest BCUT2D eigenvalue weighted by Crippen LogP contribution is -2.27. The summed E-state index contributed by atoms with van der Waals surface area (Å²) in [5, 5.41) is 17.4. The number of rotatable bonds is 2. The quantitative estimate of drug-likeness (QED) is 0.743. The number of H-pyrrole nitrogens is 1. The maximum absolute atomic E-state index is 5.37. The summed E-state index contributed by atoms with van der Waals surface area (Å²) in [4.78, 5) is 0. The molecule has 0 aromatic heterocycles. The molecule has 0 saturated heterocycles. The molecule has 3 aliphatic rings. The van der Waals surface area contributed by atoms with Crippen LogP contribution in [0, 0.1) is 10.7 Å². The Labute approximate surface area is 102 Å². The average molecular weight is 244 g/mol. The predicted molar refractivity (Wildman–Crippen MR) is 64.5 cm³/mol. The van der Waals surface area contributed by atoms with Gasteiger partial charge in [-0.1, -0.05) is 6.58 Å². The van der Waals surface area contributed by atoms with E-state index in [4.69, 9.17) is 9.47 Å². The lowest BCUT2D eigenvalue weighted by molar-refractivity contribution is 0.121. The molecule has 1 aliphatic carbocycles. The molecule has 0 radical (unpaired) electrons. The van der Waals surface area contributed by atoms with Gasteiger partial charge in [-0.2, -0.15) is 5.10 Å². The number of hydrogen-bond acceptors (Lipinski definition) is 5. The van der Waals surface area contributed by atoms with Gasteiger partial charge in [-0.15, -0.1) is 10.2 Å². The lowest BCUT2D eigenvalue weighted by atomic mass is 10.1. The van der Waals surface area contributed by atoms with Crippen molar-refractivity contribution in [2.45, 2.75) is 6.10 Å². The minimum Gasteiger partial charge on any atom is -0.498 e. The van der Waals surface area contributed by atoms with Crippen molar-refractivity contribution in [1.29, 1.82) is 0 Å². The zero-order valence-corrected chi connectivity index (χ0v) is 10.1. The highest BCUT2D eigenvalue weighted by Gasteiger charge is 2.18. The Balaban J connectivity index is 2.43. The minimum atomic E-state index is -0.232. The molecule has 1 atom stereocenters. The van der Waals surface area contributed by atoms with E-state index in [1.54, 1.807) is 14.2 Å². The first-order chi connectivity index (χ1) is 8.74. The summed E-state index contributed by atoms with van der Waals surface area (Å²) in [6.45, 7) is 3.87. The Kier molecular flexibility index (Phi) is 2.38. The number of hydrogen-bond donors (Lipinski definition) is 1. The van der Waals surface area contributed by atoms with Crippen LogP contribution in [0.4, 0.5) is 0 Å². The molecule has 18 heavy (non-hydrogen) atoms. The molecule has 2 heterocycles. The number of ether oxygens (including phenoxy) is 2. The first-order valence-electron chi connectivity index (χ1n) is 5.44. The van der Waals surface area contributed by atoms with Gasteiger partial charge in [0.05, 0.1) is 23.4 Å². The first-order valence-corrected chi connectivity index (χ1v) is 5.44. The van der Waals surface area contributed by atoms with E-state index in [2.05, 4.69) is 27.0 Å². The molecule has 6 nitrogen and oxygen atoms in total. The Hall–Kier alpha value is -2.21. The maximum Gasteiger partial charge on any atom is 0.179 e. The molecule has 0 bridgehead atoms. The normalized spacial score (nSPS) is 18.1. The van der Waals surface area contributed by atoms with Gasteiger partial charge in [0.2, 0.25) is 0 Å². The van der Waals surface area contributed by atoms with Crippen molar-refractivity contribution in [3.05, 3.63) is 32.7 Å². The van der Waals surface area contributed by atoms with E-state index < -0.39 is 0 Å². The predicted octanol–water partition coefficient (Wildman–Crippen LogP) is -0.869. The smallest absolute Gasteiger partial charge is 0.179 e. The Morgan fingerprint density at radius 1 is 1.33 bits per heavy atom. The van der Waals surface area contributed by atoms with Crippen LogP contribution in [0.5, 0.6) is 0 Å². The molecule has 6 heteroatoms. The van der Waals surface area contributed by atoms with Crippen LogP contribution >= 0.6 is 0 Å². The highest BCUT2D eigenvalue weighted by molar-refractivity contribution is 5.59. The highest BCUT2D eigenvalue weighted by atomic mass is 16.5. The van der Waals surface area contributed by atoms with E-state index in [1.165, 1.54) is 0 Å². The Morgan fingerprint density at radius 2 is 2.17 bits per heavy atom. The lowest BCUT2D eigenvalue weighted by Gasteiger charge is -2.17. The molecule has 2 aliphatic heterocycles. The largest absolute Gasteiger partial charge is 0.498 e. The molecule has 0 aromatic carbocycles. The summed E-state index contributed by atoms with van der Waals surface area (Å²) < 4.78 is 10.6. The van der Waals surface area contributed by atoms with Crippen LogP contribution in [0.3, 0.4) is 0 Å². The fourth-order valence-electron chi connectivity index (χ4n) is 2.10. The van der Waals surface area contributed by atoms with Gasteiger partial charge < -0.3 is 9.47 Å². The van der Waals surface area contributed by atoms with Crippen LogP contribution in [0.1, 0.15) is 5.69 Å². The van der Waals surface area contributed by atoms with Crippen LogP contribution in [0.25, 0.3) is 18.7 Å². The number of aromatic amines is 1. The number of nitrogens with one attached hydrogen (secondary N) is 1. The summed E-state index contributed by atoms with van der Waals surface area (Å²) in [5.74, 6) is 0.711. The van der Waals surface area contributed by atoms with Gasteiger partial charge in [-0.3, -0.25) is 5.10 Å². The van der Waals surface area contributed by atoms with Crippen LogP contribution in [-0.4, -0.2) is 40.7 Å². The van der Waals surface area contributed by atoms with Crippen LogP contribution < -0.4 is 10.6 Å². The molecule has 3 rings (SSSR count). The summed E-state index contributed by atoms with van der Waals surface area (Å²) in [6, 6.07) is 0. The highest BCUT2D eigenvalue weighted by Crippen LogP contribution is 2.15. The topological polar surface area (TPSA) is 72.9 Å². The zero-order chi connectivity index (χ0) is 12.7. The van der Waals surface area contributed by atoms with Gasteiger partial charge in [-0.25, -0.2) is 0 Å². The summed E-state index contributed by atoms with van der Waals surface area (Å²) in [7, 11) is 3.24. The van der Waals surface area contributed by atoms with Crippen LogP contribution in [0.2, 0.25) is 0 Å². The third kappa shape index (κ3) is 1.42. The van der Waals surface area contributed by atoms with Crippen molar-refractivity contribution in [2.24, 2.45) is 0 Å². The monoisotopic (exact) mass is 244 g/mol. The second kappa shape index (κ2) is 3.92. The van der Waals surface area contributed by atoms with Crippen molar-refractivity contribution in [1.82, 2.24) is 20.4 Å². The van der Waals surface area contributed by atoms with E-state index in [0.29, 0.717) is 16.6 Å². The molecular weight excluding hydrogens is 232 g/mol. The van der Waals surface area contributed by atoms with E-state index >= 15 is 0 Å². The van der Waals surface area contributed by atoms with Gasteiger partial charge in [0.25, 0.3) is 0 Å². The molecule has 92 valence electrons. The Morgan fingerprint density at radius 3 is 2.89 bits per heavy atom. The van der Waals surface area contributed by atoms with Crippen LogP contribution in [-0.2, 0) is 9.47 Å². The molecule has 0 amide bonds. The third-order valence-corrected chi connectivity index (χ3v) is 2.99. The van der Waals surface area contributed by atoms with E-state index in [0.717, 1.165) is 16.1 Å². The van der Waals surface area contributed by atoms with E-state index in [1.807, 2.05) is 12.2 Å². The first kappa shape index (κ1) is 10.9. The number of fused-ring (bicyclic) bond motifs is 2. The summed E-state index contributed by atoms with van der Waals surface area (Å²) in [5.41, 5.74) is 1.39. The second-order valence-corrected chi connectivity index (χ2v) is 3.97. The minimum absolute atomic E-state index is 0.232. The fourth-order valence-corrected chi connectivity index (χ4v) is 2.10. The second-order valence-electron chi connectivity index (χ2n) is 3.97. The van der Waals surface area contributed by atoms with Crippen LogP contribution in [0.15, 0.2) is 5.76 Å². The van der Waals surface area contributed by atoms with Crippen molar-refractivity contribution in [3.8, 4) is 0 Å². The third-order valence-electron chi connectivity index (χ3n) is 2.99. The van der Waals surface area contributed by atoms with Gasteiger partial charge in [0.15, 0.2) is 5.48 Å². The molecule has 0 aromatic rings. The van der Waals surface area contributed by atoms with Crippen molar-refractivity contribution < 1.29 is 9.47 Å².